The van der Waals surface area contributed by atoms with E-state index in [0.717, 1.165) is 27.4 Å². The maximum absolute atomic E-state index is 11.4. The SMILES string of the molecule is Cn1c2ccncc2c2ccc(C(C)(C)C(=O)O)cc21. The molecule has 0 saturated carbocycles. The van der Waals surface area contributed by atoms with Crippen LogP contribution in [0.5, 0.6) is 0 Å². The average molecular weight is 268 g/mol. The number of benzene rings is 1. The summed E-state index contributed by atoms with van der Waals surface area (Å²) in [5, 5.41) is 11.5. The Morgan fingerprint density at radius 2 is 1.95 bits per heavy atom. The van der Waals surface area contributed by atoms with E-state index in [4.69, 9.17) is 0 Å². The first-order chi connectivity index (χ1) is 9.43. The highest BCUT2D eigenvalue weighted by Crippen LogP contribution is 2.32. The van der Waals surface area contributed by atoms with Gasteiger partial charge >= 0.3 is 5.97 Å². The molecule has 20 heavy (non-hydrogen) atoms. The molecule has 1 N–H and O–H groups in total. The van der Waals surface area contributed by atoms with Crippen molar-refractivity contribution in [3.63, 3.8) is 0 Å². The molecule has 0 bridgehead atoms. The maximum atomic E-state index is 11.4. The zero-order valence-corrected chi connectivity index (χ0v) is 11.7. The number of aryl methyl sites for hydroxylation is 1. The third kappa shape index (κ3) is 1.61. The molecule has 0 amide bonds. The predicted octanol–water partition coefficient (Wildman–Crippen LogP) is 3.09. The number of nitrogens with zero attached hydrogens (tertiary/aromatic N) is 2. The van der Waals surface area contributed by atoms with E-state index in [0.29, 0.717) is 0 Å². The Morgan fingerprint density at radius 3 is 2.65 bits per heavy atom. The van der Waals surface area contributed by atoms with Crippen LogP contribution < -0.4 is 0 Å². The van der Waals surface area contributed by atoms with Gasteiger partial charge in [-0.1, -0.05) is 12.1 Å². The van der Waals surface area contributed by atoms with Gasteiger partial charge in [0.1, 0.15) is 0 Å². The third-order valence-corrected chi connectivity index (χ3v) is 4.07. The summed E-state index contributed by atoms with van der Waals surface area (Å²) in [5.41, 5.74) is 2.03. The van der Waals surface area contributed by atoms with E-state index in [2.05, 4.69) is 9.55 Å². The van der Waals surface area contributed by atoms with Crippen molar-refractivity contribution in [1.29, 1.82) is 0 Å². The van der Waals surface area contributed by atoms with E-state index in [1.54, 1.807) is 20.0 Å². The number of carboxylic acid groups (broad SMARTS) is 1. The fourth-order valence-corrected chi connectivity index (χ4v) is 2.57. The Bertz CT molecular complexity index is 831. The topological polar surface area (TPSA) is 55.1 Å². The molecule has 102 valence electrons. The molecule has 0 atom stereocenters. The van der Waals surface area contributed by atoms with Gasteiger partial charge in [0.05, 0.1) is 10.9 Å². The van der Waals surface area contributed by atoms with Crippen molar-refractivity contribution in [2.24, 2.45) is 7.05 Å². The second-order valence-electron chi connectivity index (χ2n) is 5.61. The second-order valence-corrected chi connectivity index (χ2v) is 5.61. The number of carbonyl (C=O) groups is 1. The average Bonchev–Trinajstić information content (AvgIpc) is 2.72. The minimum Gasteiger partial charge on any atom is -0.481 e. The first-order valence-corrected chi connectivity index (χ1v) is 6.49. The number of aromatic nitrogens is 2. The summed E-state index contributed by atoms with van der Waals surface area (Å²) in [4.78, 5) is 15.6. The van der Waals surface area contributed by atoms with Crippen molar-refractivity contribution in [3.05, 3.63) is 42.2 Å². The van der Waals surface area contributed by atoms with E-state index >= 15 is 0 Å². The highest BCUT2D eigenvalue weighted by Gasteiger charge is 2.29. The van der Waals surface area contributed by atoms with Gasteiger partial charge in [0.2, 0.25) is 0 Å². The fourth-order valence-electron chi connectivity index (χ4n) is 2.57. The van der Waals surface area contributed by atoms with Gasteiger partial charge in [-0.25, -0.2) is 0 Å². The van der Waals surface area contributed by atoms with Gasteiger partial charge in [0, 0.05) is 35.7 Å². The summed E-state index contributed by atoms with van der Waals surface area (Å²) >= 11 is 0. The molecule has 2 aromatic heterocycles. The summed E-state index contributed by atoms with van der Waals surface area (Å²) in [6, 6.07) is 7.81. The molecule has 3 aromatic rings. The van der Waals surface area contributed by atoms with Crippen LogP contribution >= 0.6 is 0 Å². The molecule has 0 aliphatic carbocycles. The van der Waals surface area contributed by atoms with Gasteiger partial charge in [0.15, 0.2) is 0 Å². The lowest BCUT2D eigenvalue weighted by Gasteiger charge is -2.19. The number of carboxylic acids is 1. The normalized spacial score (nSPS) is 12.2. The van der Waals surface area contributed by atoms with Gasteiger partial charge in [-0.3, -0.25) is 9.78 Å². The molecule has 2 heterocycles. The molecule has 0 spiro atoms. The van der Waals surface area contributed by atoms with Crippen molar-refractivity contribution in [2.75, 3.05) is 0 Å². The van der Waals surface area contributed by atoms with Crippen molar-refractivity contribution in [2.45, 2.75) is 19.3 Å². The molecule has 0 radical (unpaired) electrons. The van der Waals surface area contributed by atoms with Crippen LogP contribution in [0, 0.1) is 0 Å². The molecule has 0 saturated heterocycles. The fraction of sp³-hybridized carbons (Fsp3) is 0.250. The number of aliphatic carboxylic acids is 1. The van der Waals surface area contributed by atoms with E-state index in [1.165, 1.54) is 0 Å². The van der Waals surface area contributed by atoms with E-state index < -0.39 is 11.4 Å². The van der Waals surface area contributed by atoms with Crippen LogP contribution in [0.15, 0.2) is 36.7 Å². The summed E-state index contributed by atoms with van der Waals surface area (Å²) in [6.07, 6.45) is 3.61. The molecule has 4 heteroatoms. The highest BCUT2D eigenvalue weighted by atomic mass is 16.4. The minimum absolute atomic E-state index is 0.802. The van der Waals surface area contributed by atoms with Gasteiger partial charge in [0.25, 0.3) is 0 Å². The molecule has 0 aliphatic heterocycles. The standard InChI is InChI=1S/C16H16N2O2/c1-16(2,15(19)20)10-4-5-11-12-9-17-7-6-13(12)18(3)14(11)8-10/h4-9H,1-3H3,(H,19,20). The molecular weight excluding hydrogens is 252 g/mol. The van der Waals surface area contributed by atoms with Gasteiger partial charge < -0.3 is 9.67 Å². The van der Waals surface area contributed by atoms with Crippen LogP contribution in [0.25, 0.3) is 21.8 Å². The molecule has 0 aliphatic rings. The van der Waals surface area contributed by atoms with E-state index in [9.17, 15) is 9.90 Å². The maximum Gasteiger partial charge on any atom is 0.313 e. The summed E-state index contributed by atoms with van der Waals surface area (Å²) < 4.78 is 2.08. The Labute approximate surface area is 116 Å². The lowest BCUT2D eigenvalue weighted by molar-refractivity contribution is -0.142. The Hall–Kier alpha value is -2.36. The van der Waals surface area contributed by atoms with Crippen LogP contribution in [0.2, 0.25) is 0 Å². The van der Waals surface area contributed by atoms with Crippen LogP contribution in [-0.2, 0) is 17.3 Å². The van der Waals surface area contributed by atoms with Gasteiger partial charge in [-0.15, -0.1) is 0 Å². The number of hydrogen-bond donors (Lipinski definition) is 1. The summed E-state index contributed by atoms with van der Waals surface area (Å²) in [6.45, 7) is 3.45. The Kier molecular flexibility index (Phi) is 2.57. The summed E-state index contributed by atoms with van der Waals surface area (Å²) in [7, 11) is 1.99. The van der Waals surface area contributed by atoms with E-state index in [-0.39, 0.29) is 0 Å². The summed E-state index contributed by atoms with van der Waals surface area (Å²) in [5.74, 6) is -0.822. The molecule has 0 unspecified atom stereocenters. The third-order valence-electron chi connectivity index (χ3n) is 4.07. The Morgan fingerprint density at radius 1 is 1.20 bits per heavy atom. The smallest absolute Gasteiger partial charge is 0.313 e. The predicted molar refractivity (Wildman–Crippen MR) is 78.9 cm³/mol. The molecule has 3 rings (SSSR count). The number of pyridine rings is 1. The van der Waals surface area contributed by atoms with Crippen LogP contribution in [-0.4, -0.2) is 20.6 Å². The van der Waals surface area contributed by atoms with Gasteiger partial charge in [-0.2, -0.15) is 0 Å². The lowest BCUT2D eigenvalue weighted by Crippen LogP contribution is -2.28. The first-order valence-electron chi connectivity index (χ1n) is 6.49. The first kappa shape index (κ1) is 12.7. The Balaban J connectivity index is 2.35. The van der Waals surface area contributed by atoms with Crippen LogP contribution in [0.4, 0.5) is 0 Å². The van der Waals surface area contributed by atoms with Crippen molar-refractivity contribution < 1.29 is 9.90 Å². The molecule has 1 aromatic carbocycles. The zero-order valence-electron chi connectivity index (χ0n) is 11.7. The molecule has 4 nitrogen and oxygen atoms in total. The van der Waals surface area contributed by atoms with Gasteiger partial charge in [-0.05, 0) is 31.5 Å². The number of fused-ring (bicyclic) bond motifs is 3. The second kappa shape index (κ2) is 4.07. The van der Waals surface area contributed by atoms with E-state index in [1.807, 2.05) is 37.5 Å². The monoisotopic (exact) mass is 268 g/mol. The van der Waals surface area contributed by atoms with Crippen LogP contribution in [0.1, 0.15) is 19.4 Å². The van der Waals surface area contributed by atoms with Crippen molar-refractivity contribution in [3.8, 4) is 0 Å². The number of hydrogen-bond acceptors (Lipinski definition) is 2. The lowest BCUT2D eigenvalue weighted by atomic mass is 9.84. The zero-order chi connectivity index (χ0) is 14.5. The highest BCUT2D eigenvalue weighted by molar-refractivity contribution is 6.07. The van der Waals surface area contributed by atoms with Crippen LogP contribution in [0.3, 0.4) is 0 Å². The largest absolute Gasteiger partial charge is 0.481 e. The molecular formula is C16H16N2O2. The minimum atomic E-state index is -0.900. The van der Waals surface area contributed by atoms with Crippen molar-refractivity contribution in [1.82, 2.24) is 9.55 Å². The quantitative estimate of drug-likeness (QED) is 0.777. The molecule has 0 fully saturated rings. The number of rotatable bonds is 2. The van der Waals surface area contributed by atoms with Crippen molar-refractivity contribution >= 4 is 27.8 Å².